The summed E-state index contributed by atoms with van der Waals surface area (Å²) in [5.41, 5.74) is 7.44. The Morgan fingerprint density at radius 3 is 2.44 bits per heavy atom. The van der Waals surface area contributed by atoms with E-state index in [1.54, 1.807) is 0 Å². The molecule has 0 aromatic carbocycles. The number of aryl methyl sites for hydroxylation is 2. The zero-order valence-electron chi connectivity index (χ0n) is 10.6. The summed E-state index contributed by atoms with van der Waals surface area (Å²) in [5.74, 6) is 1.14. The van der Waals surface area contributed by atoms with Gasteiger partial charge in [-0.05, 0) is 33.2 Å². The minimum absolute atomic E-state index is 0.435. The maximum atomic E-state index is 5.62. The summed E-state index contributed by atoms with van der Waals surface area (Å²) in [4.78, 5) is 6.55. The van der Waals surface area contributed by atoms with Gasteiger partial charge in [0, 0.05) is 13.1 Å². The number of rotatable bonds is 5. The highest BCUT2D eigenvalue weighted by Crippen LogP contribution is 2.10. The highest BCUT2D eigenvalue weighted by molar-refractivity contribution is 5.29. The molecule has 5 nitrogen and oxygen atoms in total. The van der Waals surface area contributed by atoms with Crippen LogP contribution in [0.2, 0.25) is 0 Å². The van der Waals surface area contributed by atoms with Crippen molar-refractivity contribution in [2.75, 3.05) is 24.5 Å². The zero-order valence-corrected chi connectivity index (χ0v) is 10.6. The number of nitrogens with zero attached hydrogens (tertiary/aromatic N) is 4. The van der Waals surface area contributed by atoms with Gasteiger partial charge in [-0.25, -0.2) is 4.98 Å². The Labute approximate surface area is 97.1 Å². The van der Waals surface area contributed by atoms with Crippen LogP contribution >= 0.6 is 0 Å². The lowest BCUT2D eigenvalue weighted by molar-refractivity contribution is 0.566. The SMILES string of the molecule is CCN(CC(C)CN)c1nnc(C)c(C)n1. The fourth-order valence-corrected chi connectivity index (χ4v) is 1.38. The molecule has 90 valence electrons. The van der Waals surface area contributed by atoms with Gasteiger partial charge in [0.1, 0.15) is 0 Å². The molecule has 5 heteroatoms. The number of aromatic nitrogens is 3. The molecule has 0 fully saturated rings. The standard InChI is InChI=1S/C11H21N5/c1-5-16(7-8(2)6-12)11-13-9(3)10(4)14-15-11/h8H,5-7,12H2,1-4H3. The van der Waals surface area contributed by atoms with Gasteiger partial charge in [0.2, 0.25) is 5.95 Å². The minimum Gasteiger partial charge on any atom is -0.339 e. The van der Waals surface area contributed by atoms with E-state index < -0.39 is 0 Å². The first-order valence-corrected chi connectivity index (χ1v) is 5.71. The van der Waals surface area contributed by atoms with Crippen LogP contribution in [0.5, 0.6) is 0 Å². The fourth-order valence-electron chi connectivity index (χ4n) is 1.38. The Kier molecular flexibility index (Phi) is 4.61. The van der Waals surface area contributed by atoms with Crippen molar-refractivity contribution in [2.45, 2.75) is 27.7 Å². The van der Waals surface area contributed by atoms with Crippen LogP contribution in [0, 0.1) is 19.8 Å². The normalized spacial score (nSPS) is 12.6. The third-order valence-electron chi connectivity index (χ3n) is 2.68. The molecule has 0 saturated heterocycles. The molecule has 1 rings (SSSR count). The monoisotopic (exact) mass is 223 g/mol. The van der Waals surface area contributed by atoms with E-state index in [2.05, 4.69) is 33.9 Å². The summed E-state index contributed by atoms with van der Waals surface area (Å²) < 4.78 is 0. The Hall–Kier alpha value is -1.23. The van der Waals surface area contributed by atoms with Crippen molar-refractivity contribution >= 4 is 5.95 Å². The molecule has 0 bridgehead atoms. The second-order valence-corrected chi connectivity index (χ2v) is 4.16. The fraction of sp³-hybridized carbons (Fsp3) is 0.727. The van der Waals surface area contributed by atoms with Gasteiger partial charge in [0.05, 0.1) is 11.4 Å². The van der Waals surface area contributed by atoms with Gasteiger partial charge in [-0.1, -0.05) is 6.92 Å². The Morgan fingerprint density at radius 1 is 1.25 bits per heavy atom. The maximum Gasteiger partial charge on any atom is 0.245 e. The first-order chi connectivity index (χ1) is 7.58. The molecular weight excluding hydrogens is 202 g/mol. The summed E-state index contributed by atoms with van der Waals surface area (Å²) in [6.07, 6.45) is 0. The third kappa shape index (κ3) is 3.13. The van der Waals surface area contributed by atoms with E-state index in [-0.39, 0.29) is 0 Å². The van der Waals surface area contributed by atoms with Crippen molar-refractivity contribution in [3.63, 3.8) is 0 Å². The van der Waals surface area contributed by atoms with Crippen molar-refractivity contribution in [1.29, 1.82) is 0 Å². The second-order valence-electron chi connectivity index (χ2n) is 4.16. The number of hydrogen-bond acceptors (Lipinski definition) is 5. The maximum absolute atomic E-state index is 5.62. The quantitative estimate of drug-likeness (QED) is 0.803. The summed E-state index contributed by atoms with van der Waals surface area (Å²) in [7, 11) is 0. The van der Waals surface area contributed by atoms with E-state index in [9.17, 15) is 0 Å². The Bertz CT molecular complexity index is 339. The van der Waals surface area contributed by atoms with Crippen LogP contribution in [-0.2, 0) is 0 Å². The molecule has 0 aliphatic carbocycles. The molecule has 1 unspecified atom stereocenters. The number of hydrogen-bond donors (Lipinski definition) is 1. The van der Waals surface area contributed by atoms with Gasteiger partial charge in [0.15, 0.2) is 0 Å². The first-order valence-electron chi connectivity index (χ1n) is 5.71. The molecule has 2 N–H and O–H groups in total. The van der Waals surface area contributed by atoms with Crippen LogP contribution in [0.1, 0.15) is 25.2 Å². The van der Waals surface area contributed by atoms with Crippen LogP contribution in [-0.4, -0.2) is 34.8 Å². The van der Waals surface area contributed by atoms with Crippen molar-refractivity contribution in [2.24, 2.45) is 11.7 Å². The molecular formula is C11H21N5. The van der Waals surface area contributed by atoms with E-state index >= 15 is 0 Å². The average Bonchev–Trinajstić information content (AvgIpc) is 2.29. The summed E-state index contributed by atoms with van der Waals surface area (Å²) in [6.45, 7) is 10.5. The lowest BCUT2D eigenvalue weighted by Crippen LogP contribution is -2.33. The van der Waals surface area contributed by atoms with E-state index in [0.29, 0.717) is 18.4 Å². The average molecular weight is 223 g/mol. The van der Waals surface area contributed by atoms with Crippen molar-refractivity contribution in [3.8, 4) is 0 Å². The van der Waals surface area contributed by atoms with Gasteiger partial charge >= 0.3 is 0 Å². The smallest absolute Gasteiger partial charge is 0.245 e. The largest absolute Gasteiger partial charge is 0.339 e. The van der Waals surface area contributed by atoms with Gasteiger partial charge in [-0.15, -0.1) is 5.10 Å². The van der Waals surface area contributed by atoms with Crippen LogP contribution in [0.15, 0.2) is 0 Å². The molecule has 16 heavy (non-hydrogen) atoms. The molecule has 1 atom stereocenters. The molecule has 0 radical (unpaired) electrons. The van der Waals surface area contributed by atoms with E-state index in [0.717, 1.165) is 24.5 Å². The molecule has 0 aliphatic heterocycles. The molecule has 0 aliphatic rings. The molecule has 1 heterocycles. The van der Waals surface area contributed by atoms with Gasteiger partial charge in [0.25, 0.3) is 0 Å². The van der Waals surface area contributed by atoms with Crippen molar-refractivity contribution < 1.29 is 0 Å². The summed E-state index contributed by atoms with van der Waals surface area (Å²) in [5, 5.41) is 8.22. The van der Waals surface area contributed by atoms with Crippen LogP contribution in [0.25, 0.3) is 0 Å². The summed E-state index contributed by atoms with van der Waals surface area (Å²) >= 11 is 0. The molecule has 1 aromatic heterocycles. The Morgan fingerprint density at radius 2 is 1.94 bits per heavy atom. The lowest BCUT2D eigenvalue weighted by atomic mass is 10.2. The van der Waals surface area contributed by atoms with Crippen LogP contribution in [0.3, 0.4) is 0 Å². The predicted molar refractivity (Wildman–Crippen MR) is 65.4 cm³/mol. The molecule has 0 amide bonds. The van der Waals surface area contributed by atoms with Crippen LogP contribution in [0.4, 0.5) is 5.95 Å². The van der Waals surface area contributed by atoms with E-state index in [1.165, 1.54) is 0 Å². The molecule has 0 spiro atoms. The van der Waals surface area contributed by atoms with Gasteiger partial charge < -0.3 is 10.6 Å². The Balaban J connectivity index is 2.82. The first kappa shape index (κ1) is 12.8. The minimum atomic E-state index is 0.435. The van der Waals surface area contributed by atoms with Crippen LogP contribution < -0.4 is 10.6 Å². The van der Waals surface area contributed by atoms with Crippen molar-refractivity contribution in [1.82, 2.24) is 15.2 Å². The lowest BCUT2D eigenvalue weighted by Gasteiger charge is -2.23. The molecule has 1 aromatic rings. The second kappa shape index (κ2) is 5.75. The number of anilines is 1. The topological polar surface area (TPSA) is 67.9 Å². The zero-order chi connectivity index (χ0) is 12.1. The highest BCUT2D eigenvalue weighted by Gasteiger charge is 2.12. The van der Waals surface area contributed by atoms with Gasteiger partial charge in [-0.3, -0.25) is 0 Å². The third-order valence-corrected chi connectivity index (χ3v) is 2.68. The summed E-state index contributed by atoms with van der Waals surface area (Å²) in [6, 6.07) is 0. The van der Waals surface area contributed by atoms with Gasteiger partial charge in [-0.2, -0.15) is 5.10 Å². The molecule has 0 saturated carbocycles. The predicted octanol–water partition coefficient (Wildman–Crippen LogP) is 0.910. The van der Waals surface area contributed by atoms with E-state index in [4.69, 9.17) is 5.73 Å². The number of nitrogens with two attached hydrogens (primary N) is 1. The van der Waals surface area contributed by atoms with E-state index in [1.807, 2.05) is 13.8 Å². The van der Waals surface area contributed by atoms with Crippen molar-refractivity contribution in [3.05, 3.63) is 11.4 Å². The highest BCUT2D eigenvalue weighted by atomic mass is 15.3.